The van der Waals surface area contributed by atoms with Gasteiger partial charge in [-0.15, -0.1) is 0 Å². The number of rotatable bonds is 5. The number of hydrogen-bond acceptors (Lipinski definition) is 4. The van der Waals surface area contributed by atoms with Crippen molar-refractivity contribution in [2.75, 3.05) is 19.6 Å². The summed E-state index contributed by atoms with van der Waals surface area (Å²) >= 11 is 0. The normalized spacial score (nSPS) is 15.4. The number of pyridine rings is 1. The molecule has 0 bridgehead atoms. The van der Waals surface area contributed by atoms with Gasteiger partial charge in [0.2, 0.25) is 0 Å². The van der Waals surface area contributed by atoms with Gasteiger partial charge in [0.25, 0.3) is 0 Å². The zero-order valence-electron chi connectivity index (χ0n) is 15.1. The second-order valence-electron chi connectivity index (χ2n) is 7.09. The van der Waals surface area contributed by atoms with Gasteiger partial charge in [-0.1, -0.05) is 12.1 Å². The standard InChI is InChI=1S/C20H19F3N4O/c21-20(22,23)19-18(11-25-26-19)13-3-4-14-10-24-16(8-15(14)7-13)9-17(28)12-27-5-1-2-6-27/h3-4,7-8,10-11H,1-2,5-6,9,12H2,(H,25,26). The minimum Gasteiger partial charge on any atom is -0.298 e. The molecule has 0 spiro atoms. The number of nitrogens with zero attached hydrogens (tertiary/aromatic N) is 3. The van der Waals surface area contributed by atoms with E-state index in [1.54, 1.807) is 30.5 Å². The first-order chi connectivity index (χ1) is 13.4. The van der Waals surface area contributed by atoms with Crippen LogP contribution in [0.25, 0.3) is 21.9 Å². The average Bonchev–Trinajstić information content (AvgIpc) is 3.32. The second-order valence-corrected chi connectivity index (χ2v) is 7.09. The summed E-state index contributed by atoms with van der Waals surface area (Å²) in [4.78, 5) is 18.8. The molecule has 1 aliphatic rings. The second kappa shape index (κ2) is 7.35. The highest BCUT2D eigenvalue weighted by molar-refractivity contribution is 5.89. The van der Waals surface area contributed by atoms with Gasteiger partial charge in [0.1, 0.15) is 5.69 Å². The van der Waals surface area contributed by atoms with Crippen molar-refractivity contribution >= 4 is 16.6 Å². The molecule has 0 unspecified atom stereocenters. The predicted octanol–water partition coefficient (Wildman–Crippen LogP) is 3.85. The number of fused-ring (bicyclic) bond motifs is 1. The minimum atomic E-state index is -4.51. The topological polar surface area (TPSA) is 61.9 Å². The number of benzene rings is 1. The summed E-state index contributed by atoms with van der Waals surface area (Å²) in [6.45, 7) is 2.32. The van der Waals surface area contributed by atoms with E-state index in [2.05, 4.69) is 15.0 Å². The van der Waals surface area contributed by atoms with Crippen LogP contribution in [0.3, 0.4) is 0 Å². The highest BCUT2D eigenvalue weighted by Crippen LogP contribution is 2.36. The fraction of sp³-hybridized carbons (Fsp3) is 0.350. The van der Waals surface area contributed by atoms with E-state index in [9.17, 15) is 18.0 Å². The van der Waals surface area contributed by atoms with Gasteiger partial charge in [-0.3, -0.25) is 19.8 Å². The number of H-pyrrole nitrogens is 1. The molecule has 0 radical (unpaired) electrons. The number of nitrogens with one attached hydrogen (secondary N) is 1. The average molecular weight is 388 g/mol. The first kappa shape index (κ1) is 18.6. The molecule has 2 aromatic heterocycles. The van der Waals surface area contributed by atoms with Crippen LogP contribution in [-0.2, 0) is 17.4 Å². The molecule has 0 atom stereocenters. The Labute approximate surface area is 159 Å². The van der Waals surface area contributed by atoms with E-state index in [1.165, 1.54) is 6.20 Å². The Hall–Kier alpha value is -2.74. The molecule has 1 N–H and O–H groups in total. The largest absolute Gasteiger partial charge is 0.433 e. The van der Waals surface area contributed by atoms with Crippen LogP contribution in [0.4, 0.5) is 13.2 Å². The third-order valence-electron chi connectivity index (χ3n) is 4.99. The summed E-state index contributed by atoms with van der Waals surface area (Å²) in [7, 11) is 0. The van der Waals surface area contributed by atoms with Crippen LogP contribution in [0.1, 0.15) is 24.2 Å². The van der Waals surface area contributed by atoms with E-state index in [0.717, 1.165) is 36.7 Å². The first-order valence-corrected chi connectivity index (χ1v) is 9.14. The molecular formula is C20H19F3N4O. The lowest BCUT2D eigenvalue weighted by atomic mass is 10.0. The van der Waals surface area contributed by atoms with Crippen LogP contribution in [0.2, 0.25) is 0 Å². The van der Waals surface area contributed by atoms with E-state index in [-0.39, 0.29) is 17.8 Å². The van der Waals surface area contributed by atoms with E-state index in [4.69, 9.17) is 0 Å². The lowest BCUT2D eigenvalue weighted by molar-refractivity contribution is -0.140. The number of aromatic amines is 1. The van der Waals surface area contributed by atoms with Gasteiger partial charge >= 0.3 is 6.18 Å². The zero-order chi connectivity index (χ0) is 19.7. The summed E-state index contributed by atoms with van der Waals surface area (Å²) in [6.07, 6.45) is 0.780. The summed E-state index contributed by atoms with van der Waals surface area (Å²) in [5.41, 5.74) is 0.158. The maximum atomic E-state index is 13.1. The van der Waals surface area contributed by atoms with Crippen molar-refractivity contribution in [3.8, 4) is 11.1 Å². The molecule has 146 valence electrons. The third kappa shape index (κ3) is 3.91. The van der Waals surface area contributed by atoms with Crippen molar-refractivity contribution in [2.45, 2.75) is 25.4 Å². The molecule has 5 nitrogen and oxygen atoms in total. The van der Waals surface area contributed by atoms with Crippen LogP contribution >= 0.6 is 0 Å². The van der Waals surface area contributed by atoms with Crippen molar-refractivity contribution < 1.29 is 18.0 Å². The van der Waals surface area contributed by atoms with Crippen molar-refractivity contribution in [1.29, 1.82) is 0 Å². The quantitative estimate of drug-likeness (QED) is 0.721. The fourth-order valence-corrected chi connectivity index (χ4v) is 3.62. The number of alkyl halides is 3. The molecule has 1 saturated heterocycles. The van der Waals surface area contributed by atoms with Gasteiger partial charge in [0.15, 0.2) is 5.78 Å². The van der Waals surface area contributed by atoms with Crippen molar-refractivity contribution in [2.24, 2.45) is 0 Å². The maximum absolute atomic E-state index is 13.1. The number of hydrogen-bond donors (Lipinski definition) is 1. The van der Waals surface area contributed by atoms with Gasteiger partial charge in [-0.25, -0.2) is 0 Å². The highest BCUT2D eigenvalue weighted by Gasteiger charge is 2.35. The Kier molecular flexibility index (Phi) is 4.89. The van der Waals surface area contributed by atoms with Crippen LogP contribution in [0.15, 0.2) is 36.7 Å². The van der Waals surface area contributed by atoms with Crippen LogP contribution in [-0.4, -0.2) is 45.5 Å². The minimum absolute atomic E-state index is 0.00197. The molecule has 0 saturated carbocycles. The fourth-order valence-electron chi connectivity index (χ4n) is 3.62. The summed E-state index contributed by atoms with van der Waals surface area (Å²) < 4.78 is 39.4. The highest BCUT2D eigenvalue weighted by atomic mass is 19.4. The third-order valence-corrected chi connectivity index (χ3v) is 4.99. The van der Waals surface area contributed by atoms with Gasteiger partial charge in [-0.05, 0) is 49.0 Å². The molecule has 1 aromatic carbocycles. The first-order valence-electron chi connectivity index (χ1n) is 9.14. The molecule has 28 heavy (non-hydrogen) atoms. The van der Waals surface area contributed by atoms with Crippen molar-refractivity contribution in [1.82, 2.24) is 20.1 Å². The Bertz CT molecular complexity index is 1010. The van der Waals surface area contributed by atoms with Crippen molar-refractivity contribution in [3.05, 3.63) is 48.0 Å². The van der Waals surface area contributed by atoms with Gasteiger partial charge in [-0.2, -0.15) is 18.3 Å². The Morgan fingerprint density at radius 1 is 1.11 bits per heavy atom. The zero-order valence-corrected chi connectivity index (χ0v) is 15.1. The molecule has 0 aliphatic carbocycles. The van der Waals surface area contributed by atoms with E-state index >= 15 is 0 Å². The van der Waals surface area contributed by atoms with E-state index < -0.39 is 11.9 Å². The van der Waals surface area contributed by atoms with E-state index in [0.29, 0.717) is 17.8 Å². The predicted molar refractivity (Wildman–Crippen MR) is 98.7 cm³/mol. The number of ketones is 1. The maximum Gasteiger partial charge on any atom is 0.433 e. The Morgan fingerprint density at radius 3 is 2.64 bits per heavy atom. The summed E-state index contributed by atoms with van der Waals surface area (Å²) in [5, 5.41) is 7.12. The SMILES string of the molecule is O=C(Cc1cc2cc(-c3cn[nH]c3C(F)(F)F)ccc2cn1)CN1CCCC1. The van der Waals surface area contributed by atoms with Gasteiger partial charge < -0.3 is 0 Å². The molecule has 0 amide bonds. The van der Waals surface area contributed by atoms with Gasteiger partial charge in [0.05, 0.1) is 19.2 Å². The smallest absolute Gasteiger partial charge is 0.298 e. The van der Waals surface area contributed by atoms with Crippen molar-refractivity contribution in [3.63, 3.8) is 0 Å². The lowest BCUT2D eigenvalue weighted by Gasteiger charge is -2.13. The number of halogens is 3. The van der Waals surface area contributed by atoms with Crippen LogP contribution in [0.5, 0.6) is 0 Å². The lowest BCUT2D eigenvalue weighted by Crippen LogP contribution is -2.27. The van der Waals surface area contributed by atoms with E-state index in [1.807, 2.05) is 5.10 Å². The summed E-state index contributed by atoms with van der Waals surface area (Å²) in [6, 6.07) is 6.78. The Morgan fingerprint density at radius 2 is 1.89 bits per heavy atom. The molecule has 8 heteroatoms. The number of carbonyl (C=O) groups is 1. The summed E-state index contributed by atoms with van der Waals surface area (Å²) in [5.74, 6) is 0.0964. The number of aromatic nitrogens is 3. The monoisotopic (exact) mass is 388 g/mol. The molecule has 3 aromatic rings. The molecule has 1 fully saturated rings. The van der Waals surface area contributed by atoms with Crippen LogP contribution < -0.4 is 0 Å². The number of carbonyl (C=O) groups excluding carboxylic acids is 1. The van der Waals surface area contributed by atoms with Gasteiger partial charge in [0, 0.05) is 22.8 Å². The van der Waals surface area contributed by atoms with Crippen LogP contribution in [0, 0.1) is 0 Å². The number of likely N-dealkylation sites (tertiary alicyclic amines) is 1. The molecule has 4 rings (SSSR count). The Balaban J connectivity index is 1.59. The molecular weight excluding hydrogens is 369 g/mol. The number of Topliss-reactive ketones (excluding diaryl/α,β-unsaturated/α-hetero) is 1. The molecule has 3 heterocycles. The molecule has 1 aliphatic heterocycles.